The lowest BCUT2D eigenvalue weighted by Crippen LogP contribution is -2.27. The number of carbonyl (C=O) groups is 2. The molecule has 7 heteroatoms. The Morgan fingerprint density at radius 3 is 2.77 bits per heavy atom. The molecule has 2 aromatic rings. The van der Waals surface area contributed by atoms with Crippen molar-refractivity contribution in [3.8, 4) is 5.75 Å². The topological polar surface area (TPSA) is 70.7 Å². The van der Waals surface area contributed by atoms with Gasteiger partial charge in [-0.2, -0.15) is 0 Å². The van der Waals surface area contributed by atoms with Gasteiger partial charge < -0.3 is 15.4 Å². The second kappa shape index (κ2) is 7.66. The summed E-state index contributed by atoms with van der Waals surface area (Å²) in [5.41, 5.74) is 1.67. The van der Waals surface area contributed by atoms with Gasteiger partial charge in [-0.15, -0.1) is 0 Å². The fourth-order valence-electron chi connectivity index (χ4n) is 2.70. The molecule has 1 fully saturated rings. The van der Waals surface area contributed by atoms with Crippen LogP contribution in [0.25, 0.3) is 0 Å². The Kier molecular flexibility index (Phi) is 5.32. The lowest BCUT2D eigenvalue weighted by molar-refractivity contribution is 0.102. The fourth-order valence-corrected chi connectivity index (χ4v) is 2.88. The van der Waals surface area contributed by atoms with E-state index in [1.54, 1.807) is 41.3 Å². The van der Waals surface area contributed by atoms with Crippen LogP contribution in [0.3, 0.4) is 0 Å². The molecule has 0 aliphatic carbocycles. The molecular weight excluding hydrogens is 354 g/mol. The molecule has 26 heavy (non-hydrogen) atoms. The molecule has 3 rings (SSSR count). The van der Waals surface area contributed by atoms with Gasteiger partial charge in [0.25, 0.3) is 5.91 Å². The summed E-state index contributed by atoms with van der Waals surface area (Å²) in [5.74, 6) is 0.142. The minimum atomic E-state index is -0.328. The van der Waals surface area contributed by atoms with Gasteiger partial charge in [-0.25, -0.2) is 4.79 Å². The summed E-state index contributed by atoms with van der Waals surface area (Å²) in [6, 6.07) is 11.9. The molecule has 6 nitrogen and oxygen atoms in total. The second-order valence-corrected chi connectivity index (χ2v) is 6.63. The summed E-state index contributed by atoms with van der Waals surface area (Å²) < 4.78 is 5.70. The Labute approximate surface area is 157 Å². The normalized spacial score (nSPS) is 13.7. The van der Waals surface area contributed by atoms with Crippen molar-refractivity contribution in [1.82, 2.24) is 5.32 Å². The monoisotopic (exact) mass is 373 g/mol. The minimum absolute atomic E-state index is 0.0697. The Bertz CT molecular complexity index is 839. The fraction of sp³-hybridized carbons (Fsp3) is 0.263. The van der Waals surface area contributed by atoms with Crippen molar-refractivity contribution in [2.24, 2.45) is 0 Å². The predicted molar refractivity (Wildman–Crippen MR) is 102 cm³/mol. The first-order valence-corrected chi connectivity index (χ1v) is 8.75. The maximum absolute atomic E-state index is 12.7. The molecule has 0 aromatic heterocycles. The Balaban J connectivity index is 1.82. The van der Waals surface area contributed by atoms with E-state index in [1.165, 1.54) is 0 Å². The van der Waals surface area contributed by atoms with Crippen LogP contribution >= 0.6 is 11.6 Å². The first-order valence-electron chi connectivity index (χ1n) is 8.37. The number of hydrogen-bond donors (Lipinski definition) is 2. The Morgan fingerprint density at radius 2 is 2.08 bits per heavy atom. The zero-order chi connectivity index (χ0) is 18.7. The molecule has 0 saturated carbocycles. The summed E-state index contributed by atoms with van der Waals surface area (Å²) >= 11 is 6.04. The van der Waals surface area contributed by atoms with Crippen LogP contribution in [-0.4, -0.2) is 31.1 Å². The third-order valence-electron chi connectivity index (χ3n) is 3.82. The molecule has 1 heterocycles. The van der Waals surface area contributed by atoms with Crippen molar-refractivity contribution in [2.45, 2.75) is 20.0 Å². The van der Waals surface area contributed by atoms with Crippen LogP contribution in [-0.2, 0) is 0 Å². The minimum Gasteiger partial charge on any atom is -0.490 e. The van der Waals surface area contributed by atoms with Crippen LogP contribution in [0.15, 0.2) is 42.5 Å². The molecular formula is C19H20ClN3O3. The highest BCUT2D eigenvalue weighted by Crippen LogP contribution is 2.26. The molecule has 0 radical (unpaired) electrons. The van der Waals surface area contributed by atoms with Crippen LogP contribution in [0.5, 0.6) is 5.75 Å². The first-order chi connectivity index (χ1) is 12.4. The molecule has 0 atom stereocenters. The van der Waals surface area contributed by atoms with E-state index in [1.807, 2.05) is 19.9 Å². The summed E-state index contributed by atoms with van der Waals surface area (Å²) in [6.45, 7) is 4.98. The van der Waals surface area contributed by atoms with E-state index in [2.05, 4.69) is 10.6 Å². The van der Waals surface area contributed by atoms with Crippen molar-refractivity contribution in [3.63, 3.8) is 0 Å². The SMILES string of the molecule is CC(C)Oc1ccc(Cl)cc1C(=O)Nc1cccc(N2CCNC2=O)c1. The van der Waals surface area contributed by atoms with Gasteiger partial charge in [-0.05, 0) is 50.2 Å². The van der Waals surface area contributed by atoms with E-state index in [0.29, 0.717) is 35.1 Å². The van der Waals surface area contributed by atoms with Crippen molar-refractivity contribution in [1.29, 1.82) is 0 Å². The number of benzene rings is 2. The third kappa shape index (κ3) is 4.08. The highest BCUT2D eigenvalue weighted by molar-refractivity contribution is 6.31. The van der Waals surface area contributed by atoms with E-state index in [0.717, 1.165) is 5.69 Å². The van der Waals surface area contributed by atoms with Crippen LogP contribution in [0.1, 0.15) is 24.2 Å². The predicted octanol–water partition coefficient (Wildman–Crippen LogP) is 3.91. The van der Waals surface area contributed by atoms with Gasteiger partial charge in [0.2, 0.25) is 0 Å². The zero-order valence-electron chi connectivity index (χ0n) is 14.6. The number of carbonyl (C=O) groups excluding carboxylic acids is 2. The molecule has 1 aliphatic rings. The maximum atomic E-state index is 12.7. The van der Waals surface area contributed by atoms with E-state index in [9.17, 15) is 9.59 Å². The number of urea groups is 1. The smallest absolute Gasteiger partial charge is 0.321 e. The van der Waals surface area contributed by atoms with Gasteiger partial charge in [0.15, 0.2) is 0 Å². The quantitative estimate of drug-likeness (QED) is 0.834. The Hall–Kier alpha value is -2.73. The van der Waals surface area contributed by atoms with Crippen LogP contribution in [0, 0.1) is 0 Å². The van der Waals surface area contributed by atoms with Gasteiger partial charge in [0, 0.05) is 29.5 Å². The number of nitrogens with zero attached hydrogens (tertiary/aromatic N) is 1. The molecule has 0 bridgehead atoms. The van der Waals surface area contributed by atoms with Crippen molar-refractivity contribution >= 4 is 34.9 Å². The molecule has 0 unspecified atom stereocenters. The van der Waals surface area contributed by atoms with E-state index in [4.69, 9.17) is 16.3 Å². The van der Waals surface area contributed by atoms with E-state index in [-0.39, 0.29) is 18.0 Å². The largest absolute Gasteiger partial charge is 0.490 e. The summed E-state index contributed by atoms with van der Waals surface area (Å²) in [5, 5.41) is 6.05. The number of rotatable bonds is 5. The number of nitrogens with one attached hydrogen (secondary N) is 2. The summed E-state index contributed by atoms with van der Waals surface area (Å²) in [4.78, 5) is 26.2. The first kappa shape index (κ1) is 18.1. The number of ether oxygens (including phenoxy) is 1. The van der Waals surface area contributed by atoms with E-state index >= 15 is 0 Å². The third-order valence-corrected chi connectivity index (χ3v) is 4.06. The number of halogens is 1. The summed E-state index contributed by atoms with van der Waals surface area (Å²) in [6.07, 6.45) is -0.0697. The molecule has 1 saturated heterocycles. The molecule has 2 N–H and O–H groups in total. The lowest BCUT2D eigenvalue weighted by atomic mass is 10.1. The van der Waals surface area contributed by atoms with Gasteiger partial charge in [0.05, 0.1) is 11.7 Å². The van der Waals surface area contributed by atoms with Crippen molar-refractivity contribution in [2.75, 3.05) is 23.3 Å². The average Bonchev–Trinajstić information content (AvgIpc) is 3.02. The Morgan fingerprint density at radius 1 is 1.27 bits per heavy atom. The molecule has 136 valence electrons. The molecule has 2 aromatic carbocycles. The lowest BCUT2D eigenvalue weighted by Gasteiger charge is -2.17. The van der Waals surface area contributed by atoms with Crippen LogP contribution in [0.2, 0.25) is 5.02 Å². The molecule has 0 spiro atoms. The number of hydrogen-bond acceptors (Lipinski definition) is 3. The van der Waals surface area contributed by atoms with Gasteiger partial charge >= 0.3 is 6.03 Å². The van der Waals surface area contributed by atoms with Gasteiger partial charge in [-0.3, -0.25) is 9.69 Å². The molecule has 3 amide bonds. The number of amides is 3. The summed E-state index contributed by atoms with van der Waals surface area (Å²) in [7, 11) is 0. The number of anilines is 2. The molecule has 1 aliphatic heterocycles. The van der Waals surface area contributed by atoms with Crippen molar-refractivity contribution in [3.05, 3.63) is 53.1 Å². The highest BCUT2D eigenvalue weighted by Gasteiger charge is 2.21. The zero-order valence-corrected chi connectivity index (χ0v) is 15.3. The average molecular weight is 374 g/mol. The second-order valence-electron chi connectivity index (χ2n) is 6.20. The highest BCUT2D eigenvalue weighted by atomic mass is 35.5. The standard InChI is InChI=1S/C19H20ClN3O3/c1-12(2)26-17-7-6-13(20)10-16(17)18(24)22-14-4-3-5-15(11-14)23-9-8-21-19(23)25/h3-7,10-12H,8-9H2,1-2H3,(H,21,25)(H,22,24). The maximum Gasteiger partial charge on any atom is 0.321 e. The van der Waals surface area contributed by atoms with Crippen LogP contribution in [0.4, 0.5) is 16.2 Å². The van der Waals surface area contributed by atoms with Crippen LogP contribution < -0.4 is 20.3 Å². The van der Waals surface area contributed by atoms with Crippen molar-refractivity contribution < 1.29 is 14.3 Å². The van der Waals surface area contributed by atoms with Gasteiger partial charge in [0.1, 0.15) is 5.75 Å². The van der Waals surface area contributed by atoms with E-state index < -0.39 is 0 Å². The van der Waals surface area contributed by atoms with Gasteiger partial charge in [-0.1, -0.05) is 17.7 Å².